The molecule has 1 aliphatic rings. The molecule has 1 fully saturated rings. The van der Waals surface area contributed by atoms with Crippen LogP contribution in [0, 0.1) is 5.82 Å². The van der Waals surface area contributed by atoms with Crippen LogP contribution in [0.15, 0.2) is 60.0 Å². The molecule has 0 unspecified atom stereocenters. The summed E-state index contributed by atoms with van der Waals surface area (Å²) in [5, 5.41) is 11.3. The number of nitrogens with zero attached hydrogens (tertiary/aromatic N) is 5. The predicted octanol–water partition coefficient (Wildman–Crippen LogP) is 2.65. The van der Waals surface area contributed by atoms with Crippen LogP contribution in [0.4, 0.5) is 15.8 Å². The summed E-state index contributed by atoms with van der Waals surface area (Å²) in [6.45, 7) is 2.59. The average molecular weight is 455 g/mol. The lowest BCUT2D eigenvalue weighted by atomic mass is 10.1. The Bertz CT molecular complexity index is 1080. The molecule has 3 aromatic rings. The summed E-state index contributed by atoms with van der Waals surface area (Å²) < 4.78 is 14.8. The van der Waals surface area contributed by atoms with Crippen molar-refractivity contribution in [1.29, 1.82) is 0 Å². The summed E-state index contributed by atoms with van der Waals surface area (Å²) in [5.41, 5.74) is 2.25. The zero-order valence-electron chi connectivity index (χ0n) is 17.6. The molecule has 0 bridgehead atoms. The number of aromatic nitrogens is 3. The molecule has 4 rings (SSSR count). The zero-order valence-corrected chi connectivity index (χ0v) is 18.4. The molecule has 32 heavy (non-hydrogen) atoms. The second-order valence-electron chi connectivity index (χ2n) is 7.39. The first-order valence-corrected chi connectivity index (χ1v) is 11.1. The van der Waals surface area contributed by atoms with Crippen LogP contribution >= 0.6 is 11.8 Å². The van der Waals surface area contributed by atoms with Crippen molar-refractivity contribution in [2.24, 2.45) is 7.05 Å². The van der Waals surface area contributed by atoms with Crippen LogP contribution in [-0.4, -0.2) is 63.4 Å². The second kappa shape index (κ2) is 9.82. The maximum Gasteiger partial charge on any atom is 0.253 e. The molecule has 0 atom stereocenters. The van der Waals surface area contributed by atoms with E-state index in [1.165, 1.54) is 36.0 Å². The second-order valence-corrected chi connectivity index (χ2v) is 8.34. The van der Waals surface area contributed by atoms with Crippen molar-refractivity contribution in [2.75, 3.05) is 42.1 Å². The van der Waals surface area contributed by atoms with Crippen LogP contribution in [-0.2, 0) is 11.8 Å². The molecule has 10 heteroatoms. The van der Waals surface area contributed by atoms with E-state index < -0.39 is 0 Å². The first-order chi connectivity index (χ1) is 15.5. The Morgan fingerprint density at radius 3 is 2.34 bits per heavy atom. The third-order valence-corrected chi connectivity index (χ3v) is 6.21. The molecule has 0 saturated carbocycles. The molecule has 2 aromatic carbocycles. The molecule has 0 spiro atoms. The molecular formula is C22H23FN6O2S. The third kappa shape index (κ3) is 5.25. The van der Waals surface area contributed by atoms with Crippen molar-refractivity contribution in [3.8, 4) is 0 Å². The number of carbonyl (C=O) groups excluding carboxylic acids is 2. The van der Waals surface area contributed by atoms with Gasteiger partial charge in [0.15, 0.2) is 5.16 Å². The van der Waals surface area contributed by atoms with Crippen molar-refractivity contribution in [3.05, 3.63) is 66.2 Å². The third-order valence-electron chi connectivity index (χ3n) is 5.18. The maximum atomic E-state index is 13.1. The van der Waals surface area contributed by atoms with Gasteiger partial charge in [0.25, 0.3) is 5.91 Å². The standard InChI is InChI=1S/C22H23FN6O2S/c1-27-15-24-26-22(27)32-14-20(30)25-18-6-8-19(9-7-18)28-10-12-29(13-11-28)21(31)16-2-4-17(23)5-3-16/h2-9,15H,10-14H2,1H3,(H,25,30). The van der Waals surface area contributed by atoms with Gasteiger partial charge in [-0.2, -0.15) is 0 Å². The highest BCUT2D eigenvalue weighted by molar-refractivity contribution is 7.99. The first-order valence-electron chi connectivity index (χ1n) is 10.2. The summed E-state index contributed by atoms with van der Waals surface area (Å²) in [6.07, 6.45) is 1.59. The lowest BCUT2D eigenvalue weighted by Gasteiger charge is -2.36. The van der Waals surface area contributed by atoms with Gasteiger partial charge in [0, 0.05) is 50.2 Å². The number of anilines is 2. The van der Waals surface area contributed by atoms with Crippen LogP contribution in [0.1, 0.15) is 10.4 Å². The number of carbonyl (C=O) groups is 2. The first kappa shape index (κ1) is 21.8. The van der Waals surface area contributed by atoms with E-state index in [2.05, 4.69) is 20.4 Å². The highest BCUT2D eigenvalue weighted by atomic mass is 32.2. The quantitative estimate of drug-likeness (QED) is 0.577. The van der Waals surface area contributed by atoms with Gasteiger partial charge < -0.3 is 19.7 Å². The molecule has 2 heterocycles. The Hall–Kier alpha value is -3.40. The monoisotopic (exact) mass is 454 g/mol. The van der Waals surface area contributed by atoms with E-state index in [-0.39, 0.29) is 23.4 Å². The van der Waals surface area contributed by atoms with Crippen molar-refractivity contribution in [3.63, 3.8) is 0 Å². The van der Waals surface area contributed by atoms with Crippen LogP contribution in [0.2, 0.25) is 0 Å². The van der Waals surface area contributed by atoms with Gasteiger partial charge in [-0.3, -0.25) is 9.59 Å². The zero-order chi connectivity index (χ0) is 22.5. The van der Waals surface area contributed by atoms with E-state index in [4.69, 9.17) is 0 Å². The van der Waals surface area contributed by atoms with Crippen molar-refractivity contribution in [2.45, 2.75) is 5.16 Å². The number of amides is 2. The fourth-order valence-corrected chi connectivity index (χ4v) is 4.12. The van der Waals surface area contributed by atoms with Crippen LogP contribution in [0.25, 0.3) is 0 Å². The number of nitrogens with one attached hydrogen (secondary N) is 1. The van der Waals surface area contributed by atoms with Crippen LogP contribution < -0.4 is 10.2 Å². The summed E-state index contributed by atoms with van der Waals surface area (Å²) in [4.78, 5) is 28.7. The number of hydrogen-bond donors (Lipinski definition) is 1. The van der Waals surface area contributed by atoms with Crippen molar-refractivity contribution in [1.82, 2.24) is 19.7 Å². The number of hydrogen-bond acceptors (Lipinski definition) is 6. The lowest BCUT2D eigenvalue weighted by Crippen LogP contribution is -2.48. The van der Waals surface area contributed by atoms with Gasteiger partial charge >= 0.3 is 0 Å². The molecule has 1 N–H and O–H groups in total. The number of halogens is 1. The van der Waals surface area contributed by atoms with Crippen molar-refractivity contribution < 1.29 is 14.0 Å². The summed E-state index contributed by atoms with van der Waals surface area (Å²) in [7, 11) is 1.83. The number of thioether (sulfide) groups is 1. The van der Waals surface area contributed by atoms with E-state index in [0.717, 1.165) is 11.4 Å². The maximum absolute atomic E-state index is 13.1. The molecule has 0 radical (unpaired) electrons. The summed E-state index contributed by atoms with van der Waals surface area (Å²) >= 11 is 1.33. The molecule has 166 valence electrons. The van der Waals surface area contributed by atoms with Crippen LogP contribution in [0.5, 0.6) is 0 Å². The van der Waals surface area contributed by atoms with Gasteiger partial charge in [0.1, 0.15) is 12.1 Å². The largest absolute Gasteiger partial charge is 0.368 e. The molecule has 8 nitrogen and oxygen atoms in total. The van der Waals surface area contributed by atoms with Crippen molar-refractivity contribution >= 4 is 35.0 Å². The lowest BCUT2D eigenvalue weighted by molar-refractivity contribution is -0.113. The molecule has 2 amide bonds. The SMILES string of the molecule is Cn1cnnc1SCC(=O)Nc1ccc(N2CCN(C(=O)c3ccc(F)cc3)CC2)cc1. The Morgan fingerprint density at radius 2 is 1.72 bits per heavy atom. The summed E-state index contributed by atoms with van der Waals surface area (Å²) in [6, 6.07) is 13.3. The van der Waals surface area contributed by atoms with E-state index in [1.54, 1.807) is 15.8 Å². The van der Waals surface area contributed by atoms with Gasteiger partial charge in [-0.25, -0.2) is 4.39 Å². The molecule has 1 aromatic heterocycles. The average Bonchev–Trinajstić information content (AvgIpc) is 3.23. The Labute approximate surface area is 189 Å². The highest BCUT2D eigenvalue weighted by Gasteiger charge is 2.22. The van der Waals surface area contributed by atoms with E-state index in [0.29, 0.717) is 36.9 Å². The topological polar surface area (TPSA) is 83.4 Å². The minimum Gasteiger partial charge on any atom is -0.368 e. The Kier molecular flexibility index (Phi) is 6.69. The molecular weight excluding hydrogens is 431 g/mol. The molecule has 1 aliphatic heterocycles. The smallest absolute Gasteiger partial charge is 0.253 e. The summed E-state index contributed by atoms with van der Waals surface area (Å²) in [5.74, 6) is -0.297. The highest BCUT2D eigenvalue weighted by Crippen LogP contribution is 2.21. The normalized spacial score (nSPS) is 13.8. The number of aryl methyl sites for hydroxylation is 1. The van der Waals surface area contributed by atoms with Gasteiger partial charge in [-0.05, 0) is 48.5 Å². The van der Waals surface area contributed by atoms with E-state index in [9.17, 15) is 14.0 Å². The van der Waals surface area contributed by atoms with Crippen LogP contribution in [0.3, 0.4) is 0 Å². The minimum atomic E-state index is -0.352. The fourth-order valence-electron chi connectivity index (χ4n) is 3.43. The van der Waals surface area contributed by atoms with Gasteiger partial charge in [-0.1, -0.05) is 11.8 Å². The Morgan fingerprint density at radius 1 is 1.03 bits per heavy atom. The fraction of sp³-hybridized carbons (Fsp3) is 0.273. The number of benzene rings is 2. The van der Waals surface area contributed by atoms with Gasteiger partial charge in [-0.15, -0.1) is 10.2 Å². The Balaban J connectivity index is 1.26. The number of rotatable bonds is 6. The van der Waals surface area contributed by atoms with E-state index in [1.807, 2.05) is 31.3 Å². The minimum absolute atomic E-state index is 0.0816. The molecule has 1 saturated heterocycles. The van der Waals surface area contributed by atoms with E-state index >= 15 is 0 Å². The van der Waals surface area contributed by atoms with Gasteiger partial charge in [0.2, 0.25) is 5.91 Å². The van der Waals surface area contributed by atoms with Gasteiger partial charge in [0.05, 0.1) is 5.75 Å². The number of piperazine rings is 1. The predicted molar refractivity (Wildman–Crippen MR) is 121 cm³/mol. The molecule has 0 aliphatic carbocycles.